The Hall–Kier alpha value is -3.39. The van der Waals surface area contributed by atoms with Gasteiger partial charge in [-0.1, -0.05) is 18.2 Å². The van der Waals surface area contributed by atoms with Gasteiger partial charge in [0.2, 0.25) is 5.91 Å². The molecular weight excluding hydrogens is 364 g/mol. The Bertz CT molecular complexity index is 957. The van der Waals surface area contributed by atoms with Crippen LogP contribution in [-0.4, -0.2) is 43.5 Å². The Morgan fingerprint density at radius 1 is 1.11 bits per heavy atom. The minimum Gasteiger partial charge on any atom is -0.493 e. The van der Waals surface area contributed by atoms with Crippen LogP contribution < -0.4 is 20.1 Å². The molecule has 1 aliphatic rings. The molecule has 0 bridgehead atoms. The van der Waals surface area contributed by atoms with E-state index in [0.29, 0.717) is 17.2 Å². The average Bonchev–Trinajstić information content (AvgIpc) is 2.89. The van der Waals surface area contributed by atoms with E-state index in [1.54, 1.807) is 30.3 Å². The number of carbonyl (C=O) groups is 3. The first kappa shape index (κ1) is 19.4. The normalized spacial score (nSPS) is 18.0. The first-order valence-electron chi connectivity index (χ1n) is 8.49. The van der Waals surface area contributed by atoms with Gasteiger partial charge in [0, 0.05) is 11.1 Å². The third kappa shape index (κ3) is 3.18. The quantitative estimate of drug-likeness (QED) is 0.687. The second-order valence-corrected chi connectivity index (χ2v) is 6.40. The Morgan fingerprint density at radius 3 is 2.43 bits per heavy atom. The highest BCUT2D eigenvalue weighted by Crippen LogP contribution is 2.43. The molecule has 0 aromatic heterocycles. The molecule has 1 unspecified atom stereocenters. The van der Waals surface area contributed by atoms with Crippen LogP contribution in [0.15, 0.2) is 42.5 Å². The number of aliphatic hydroxyl groups is 1. The third-order valence-electron chi connectivity index (χ3n) is 4.68. The van der Waals surface area contributed by atoms with Gasteiger partial charge in [0.05, 0.1) is 26.3 Å². The van der Waals surface area contributed by atoms with Crippen molar-refractivity contribution >= 4 is 23.3 Å². The number of Topliss-reactive ketones (excluding diaryl/α,β-unsaturated/α-hetero) is 1. The predicted octanol–water partition coefficient (Wildman–Crippen LogP) is 0.996. The van der Waals surface area contributed by atoms with Crippen molar-refractivity contribution in [3.05, 3.63) is 53.6 Å². The second-order valence-electron chi connectivity index (χ2n) is 6.40. The lowest BCUT2D eigenvalue weighted by atomic mass is 9.88. The summed E-state index contributed by atoms with van der Waals surface area (Å²) in [4.78, 5) is 38.2. The number of amides is 2. The summed E-state index contributed by atoms with van der Waals surface area (Å²) in [6.07, 6.45) is -0.492. The highest BCUT2D eigenvalue weighted by Gasteiger charge is 2.51. The maximum absolute atomic E-state index is 12.9. The van der Waals surface area contributed by atoms with Crippen LogP contribution >= 0.6 is 0 Å². The molecule has 0 saturated heterocycles. The number of methoxy groups -OCH3 is 2. The summed E-state index contributed by atoms with van der Waals surface area (Å²) in [7, 11) is 2.92. The molecule has 0 saturated carbocycles. The van der Waals surface area contributed by atoms with Crippen molar-refractivity contribution in [1.82, 2.24) is 0 Å². The van der Waals surface area contributed by atoms with Crippen LogP contribution in [0.1, 0.15) is 22.3 Å². The van der Waals surface area contributed by atoms with Gasteiger partial charge in [-0.3, -0.25) is 19.3 Å². The molecule has 1 aliphatic heterocycles. The lowest BCUT2D eigenvalue weighted by Crippen LogP contribution is -2.44. The summed E-state index contributed by atoms with van der Waals surface area (Å²) in [5.41, 5.74) is 4.01. The number of benzene rings is 2. The molecule has 0 radical (unpaired) electrons. The van der Waals surface area contributed by atoms with E-state index < -0.39 is 29.6 Å². The monoisotopic (exact) mass is 384 g/mol. The Kier molecular flexibility index (Phi) is 5.06. The zero-order valence-electron chi connectivity index (χ0n) is 15.5. The molecule has 2 aromatic rings. The van der Waals surface area contributed by atoms with Gasteiger partial charge in [0.25, 0.3) is 5.91 Å². The molecular formula is C20H20N2O6. The van der Waals surface area contributed by atoms with E-state index in [1.807, 2.05) is 0 Å². The number of ether oxygens (including phenoxy) is 2. The molecule has 2 amide bonds. The van der Waals surface area contributed by atoms with Crippen LogP contribution in [0, 0.1) is 0 Å². The van der Waals surface area contributed by atoms with Crippen molar-refractivity contribution in [1.29, 1.82) is 0 Å². The average molecular weight is 384 g/mol. The van der Waals surface area contributed by atoms with Crippen molar-refractivity contribution in [2.45, 2.75) is 12.0 Å². The highest BCUT2D eigenvalue weighted by atomic mass is 16.5. The number of primary amides is 1. The first-order chi connectivity index (χ1) is 13.3. The maximum Gasteiger partial charge on any atom is 0.264 e. The van der Waals surface area contributed by atoms with Gasteiger partial charge >= 0.3 is 0 Å². The number of hydrogen-bond donors (Lipinski definition) is 2. The van der Waals surface area contributed by atoms with Gasteiger partial charge in [0.15, 0.2) is 22.9 Å². The fraction of sp³-hybridized carbons (Fsp3) is 0.250. The Labute approximate surface area is 161 Å². The lowest BCUT2D eigenvalue weighted by Gasteiger charge is -2.22. The molecule has 0 aliphatic carbocycles. The smallest absolute Gasteiger partial charge is 0.264 e. The van der Waals surface area contributed by atoms with Crippen LogP contribution in [0.5, 0.6) is 11.5 Å². The van der Waals surface area contributed by atoms with Crippen molar-refractivity contribution in [3.63, 3.8) is 0 Å². The minimum absolute atomic E-state index is 0.254. The van der Waals surface area contributed by atoms with E-state index in [9.17, 15) is 19.5 Å². The summed E-state index contributed by atoms with van der Waals surface area (Å²) >= 11 is 0. The fourth-order valence-corrected chi connectivity index (χ4v) is 3.33. The number of fused-ring (bicyclic) bond motifs is 1. The van der Waals surface area contributed by atoms with Crippen LogP contribution in [0.3, 0.4) is 0 Å². The van der Waals surface area contributed by atoms with E-state index in [4.69, 9.17) is 15.2 Å². The van der Waals surface area contributed by atoms with Crippen LogP contribution in [0.2, 0.25) is 0 Å². The minimum atomic E-state index is -2.09. The van der Waals surface area contributed by atoms with Gasteiger partial charge in [-0.2, -0.15) is 0 Å². The van der Waals surface area contributed by atoms with Gasteiger partial charge in [-0.05, 0) is 24.3 Å². The van der Waals surface area contributed by atoms with Crippen molar-refractivity contribution in [2.24, 2.45) is 5.73 Å². The summed E-state index contributed by atoms with van der Waals surface area (Å²) in [6, 6.07) is 11.0. The summed E-state index contributed by atoms with van der Waals surface area (Å²) in [6.45, 7) is -0.386. The molecule has 28 heavy (non-hydrogen) atoms. The number of hydrogen-bond acceptors (Lipinski definition) is 6. The largest absolute Gasteiger partial charge is 0.493 e. The van der Waals surface area contributed by atoms with Gasteiger partial charge in [-0.15, -0.1) is 0 Å². The summed E-state index contributed by atoms with van der Waals surface area (Å²) in [5, 5.41) is 11.1. The molecule has 8 nitrogen and oxygen atoms in total. The molecule has 146 valence electrons. The number of rotatable bonds is 7. The second kappa shape index (κ2) is 7.32. The molecule has 3 N–H and O–H groups in total. The number of nitrogens with zero attached hydrogens (tertiary/aromatic N) is 1. The topological polar surface area (TPSA) is 119 Å². The predicted molar refractivity (Wildman–Crippen MR) is 100 cm³/mol. The number of anilines is 1. The van der Waals surface area contributed by atoms with Gasteiger partial charge in [-0.25, -0.2) is 0 Å². The van der Waals surface area contributed by atoms with E-state index in [2.05, 4.69) is 0 Å². The molecule has 3 rings (SSSR count). The Morgan fingerprint density at radius 2 is 1.79 bits per heavy atom. The summed E-state index contributed by atoms with van der Waals surface area (Å²) in [5.74, 6) is -1.14. The van der Waals surface area contributed by atoms with Crippen LogP contribution in [0.4, 0.5) is 5.69 Å². The van der Waals surface area contributed by atoms with Crippen LogP contribution in [0.25, 0.3) is 0 Å². The number of para-hydroxylation sites is 1. The van der Waals surface area contributed by atoms with E-state index >= 15 is 0 Å². The van der Waals surface area contributed by atoms with E-state index in [1.165, 1.54) is 26.4 Å². The van der Waals surface area contributed by atoms with E-state index in [-0.39, 0.29) is 17.7 Å². The molecule has 2 aromatic carbocycles. The SMILES string of the molecule is COc1ccc(C(=O)CC2(O)C(=O)N(CC(N)=O)c3ccccc32)cc1OC. The number of carbonyl (C=O) groups excluding carboxylic acids is 3. The van der Waals surface area contributed by atoms with E-state index in [0.717, 1.165) is 4.90 Å². The van der Waals surface area contributed by atoms with Crippen LogP contribution in [-0.2, 0) is 15.2 Å². The number of ketones is 1. The van der Waals surface area contributed by atoms with Crippen molar-refractivity contribution in [3.8, 4) is 11.5 Å². The highest BCUT2D eigenvalue weighted by molar-refractivity contribution is 6.12. The molecule has 0 fully saturated rings. The number of nitrogens with two attached hydrogens (primary N) is 1. The zero-order chi connectivity index (χ0) is 20.5. The van der Waals surface area contributed by atoms with Gasteiger partial charge in [0.1, 0.15) is 6.54 Å². The summed E-state index contributed by atoms with van der Waals surface area (Å²) < 4.78 is 10.3. The zero-order valence-corrected chi connectivity index (χ0v) is 15.5. The fourth-order valence-electron chi connectivity index (χ4n) is 3.33. The molecule has 1 atom stereocenters. The third-order valence-corrected chi connectivity index (χ3v) is 4.68. The standard InChI is InChI=1S/C20H20N2O6/c1-27-16-8-7-12(9-17(16)28-2)15(23)10-20(26)13-5-3-4-6-14(13)22(19(20)25)11-18(21)24/h3-9,26H,10-11H2,1-2H3,(H2,21,24). The van der Waals surface area contributed by atoms with Crippen molar-refractivity contribution < 1.29 is 29.0 Å². The maximum atomic E-state index is 12.9. The molecule has 8 heteroatoms. The Balaban J connectivity index is 1.96. The first-order valence-corrected chi connectivity index (χ1v) is 8.49. The lowest BCUT2D eigenvalue weighted by molar-refractivity contribution is -0.136. The molecule has 1 heterocycles. The van der Waals surface area contributed by atoms with Crippen molar-refractivity contribution in [2.75, 3.05) is 25.7 Å². The molecule has 0 spiro atoms. The van der Waals surface area contributed by atoms with Gasteiger partial charge < -0.3 is 20.3 Å².